The summed E-state index contributed by atoms with van der Waals surface area (Å²) in [5.41, 5.74) is 1.16. The molecule has 22 heavy (non-hydrogen) atoms. The molecule has 0 radical (unpaired) electrons. The third kappa shape index (κ3) is 3.15. The second-order valence-electron chi connectivity index (χ2n) is 6.27. The van der Waals surface area contributed by atoms with Crippen LogP contribution in [0, 0.1) is 15.5 Å². The maximum absolute atomic E-state index is 12.4. The minimum atomic E-state index is -1.10. The molecule has 1 aromatic carbocycles. The van der Waals surface area contributed by atoms with Gasteiger partial charge in [0.05, 0.1) is 16.8 Å². The SMILES string of the molecule is CCS(=O)C1CC(C(C)(C)CO)Nc2ccc([N+](=O)[O-])cc21. The van der Waals surface area contributed by atoms with Gasteiger partial charge in [-0.3, -0.25) is 14.3 Å². The lowest BCUT2D eigenvalue weighted by Crippen LogP contribution is -2.43. The van der Waals surface area contributed by atoms with Crippen molar-refractivity contribution in [2.75, 3.05) is 17.7 Å². The standard InChI is InChI=1S/C15H22N2O4S/c1-4-22(21)13-8-14(15(2,3)9-18)16-12-6-5-10(17(19)20)7-11(12)13/h5-7,13-14,16,18H,4,8-9H2,1-3H3. The molecule has 1 aliphatic rings. The Kier molecular flexibility index (Phi) is 4.87. The van der Waals surface area contributed by atoms with Crippen LogP contribution in [0.4, 0.5) is 11.4 Å². The van der Waals surface area contributed by atoms with Gasteiger partial charge in [0.25, 0.3) is 5.69 Å². The molecule has 3 unspecified atom stereocenters. The van der Waals surface area contributed by atoms with E-state index in [1.54, 1.807) is 6.07 Å². The molecule has 0 saturated carbocycles. The van der Waals surface area contributed by atoms with Gasteiger partial charge in [-0.1, -0.05) is 20.8 Å². The molecular weight excluding hydrogens is 304 g/mol. The van der Waals surface area contributed by atoms with Crippen molar-refractivity contribution < 1.29 is 14.2 Å². The number of nitro groups is 1. The number of aliphatic hydroxyl groups excluding tert-OH is 1. The molecule has 6 nitrogen and oxygen atoms in total. The van der Waals surface area contributed by atoms with Crippen LogP contribution >= 0.6 is 0 Å². The minimum Gasteiger partial charge on any atom is -0.396 e. The van der Waals surface area contributed by atoms with Gasteiger partial charge in [-0.2, -0.15) is 0 Å². The number of nitro benzene ring substituents is 1. The summed E-state index contributed by atoms with van der Waals surface area (Å²) in [6.07, 6.45) is 0.585. The highest BCUT2D eigenvalue weighted by Crippen LogP contribution is 2.42. The van der Waals surface area contributed by atoms with E-state index in [0.717, 1.165) is 11.3 Å². The van der Waals surface area contributed by atoms with Crippen molar-refractivity contribution in [3.05, 3.63) is 33.9 Å². The molecular formula is C15H22N2O4S. The van der Waals surface area contributed by atoms with E-state index < -0.39 is 15.7 Å². The molecule has 0 aliphatic carbocycles. The van der Waals surface area contributed by atoms with Crippen molar-refractivity contribution in [1.82, 2.24) is 0 Å². The maximum atomic E-state index is 12.4. The first kappa shape index (κ1) is 16.9. The van der Waals surface area contributed by atoms with E-state index in [1.807, 2.05) is 20.8 Å². The summed E-state index contributed by atoms with van der Waals surface area (Å²) >= 11 is 0. The smallest absolute Gasteiger partial charge is 0.269 e. The Morgan fingerprint density at radius 2 is 2.18 bits per heavy atom. The number of hydrogen-bond donors (Lipinski definition) is 2. The predicted octanol–water partition coefficient (Wildman–Crippen LogP) is 2.61. The van der Waals surface area contributed by atoms with E-state index in [2.05, 4.69) is 5.32 Å². The van der Waals surface area contributed by atoms with Crippen LogP contribution in [0.2, 0.25) is 0 Å². The highest BCUT2D eigenvalue weighted by Gasteiger charge is 2.38. The zero-order chi connectivity index (χ0) is 16.5. The molecule has 0 bridgehead atoms. The molecule has 0 saturated heterocycles. The molecule has 7 heteroatoms. The number of hydrogen-bond acceptors (Lipinski definition) is 5. The van der Waals surface area contributed by atoms with Gasteiger partial charge in [0.15, 0.2) is 0 Å². The molecule has 2 N–H and O–H groups in total. The van der Waals surface area contributed by atoms with Crippen molar-refractivity contribution >= 4 is 22.2 Å². The number of nitrogens with one attached hydrogen (secondary N) is 1. The average molecular weight is 326 g/mol. The number of anilines is 1. The summed E-state index contributed by atoms with van der Waals surface area (Å²) in [5.74, 6) is 0.499. The maximum Gasteiger partial charge on any atom is 0.269 e. The average Bonchev–Trinajstić information content (AvgIpc) is 2.52. The number of non-ortho nitro benzene ring substituents is 1. The summed E-state index contributed by atoms with van der Waals surface area (Å²) in [7, 11) is -1.10. The molecule has 122 valence electrons. The second kappa shape index (κ2) is 6.34. The normalized spacial score (nSPS) is 22.5. The van der Waals surface area contributed by atoms with Crippen LogP contribution in [-0.4, -0.2) is 32.6 Å². The topological polar surface area (TPSA) is 92.5 Å². The first-order chi connectivity index (χ1) is 10.3. The lowest BCUT2D eigenvalue weighted by atomic mass is 9.79. The molecule has 1 aromatic rings. The number of nitrogens with zero attached hydrogens (tertiary/aromatic N) is 1. The number of fused-ring (bicyclic) bond motifs is 1. The van der Waals surface area contributed by atoms with Gasteiger partial charge >= 0.3 is 0 Å². The van der Waals surface area contributed by atoms with Crippen LogP contribution < -0.4 is 5.32 Å². The highest BCUT2D eigenvalue weighted by atomic mass is 32.2. The predicted molar refractivity (Wildman–Crippen MR) is 87.4 cm³/mol. The van der Waals surface area contributed by atoms with Crippen LogP contribution in [-0.2, 0) is 10.8 Å². The lowest BCUT2D eigenvalue weighted by molar-refractivity contribution is -0.384. The second-order valence-corrected chi connectivity index (χ2v) is 8.17. The minimum absolute atomic E-state index is 0.0124. The van der Waals surface area contributed by atoms with Gasteiger partial charge in [0.2, 0.25) is 0 Å². The van der Waals surface area contributed by atoms with Crippen LogP contribution in [0.15, 0.2) is 18.2 Å². The molecule has 0 amide bonds. The van der Waals surface area contributed by atoms with E-state index in [1.165, 1.54) is 12.1 Å². The van der Waals surface area contributed by atoms with Crippen molar-refractivity contribution in [1.29, 1.82) is 0 Å². The van der Waals surface area contributed by atoms with Crippen molar-refractivity contribution in [2.24, 2.45) is 5.41 Å². The fourth-order valence-electron chi connectivity index (χ4n) is 2.72. The van der Waals surface area contributed by atoms with Gasteiger partial charge in [-0.15, -0.1) is 0 Å². The van der Waals surface area contributed by atoms with Gasteiger partial charge < -0.3 is 10.4 Å². The van der Waals surface area contributed by atoms with E-state index in [-0.39, 0.29) is 29.0 Å². The molecule has 0 aromatic heterocycles. The Hall–Kier alpha value is -1.47. The Labute approximate surface area is 132 Å². The summed E-state index contributed by atoms with van der Waals surface area (Å²) in [5, 5.41) is 23.7. The van der Waals surface area contributed by atoms with Crippen molar-refractivity contribution in [3.63, 3.8) is 0 Å². The third-order valence-electron chi connectivity index (χ3n) is 4.33. The molecule has 0 spiro atoms. The molecule has 0 fully saturated rings. The fraction of sp³-hybridized carbons (Fsp3) is 0.600. The largest absolute Gasteiger partial charge is 0.396 e. The highest BCUT2D eigenvalue weighted by molar-refractivity contribution is 7.85. The zero-order valence-electron chi connectivity index (χ0n) is 13.0. The van der Waals surface area contributed by atoms with Crippen LogP contribution in [0.5, 0.6) is 0 Å². The zero-order valence-corrected chi connectivity index (χ0v) is 13.9. The third-order valence-corrected chi connectivity index (χ3v) is 5.98. The van der Waals surface area contributed by atoms with Crippen molar-refractivity contribution in [3.8, 4) is 0 Å². The number of rotatable bonds is 5. The summed E-state index contributed by atoms with van der Waals surface area (Å²) in [6.45, 7) is 5.76. The Morgan fingerprint density at radius 1 is 1.50 bits per heavy atom. The quantitative estimate of drug-likeness (QED) is 0.641. The Bertz CT molecular complexity index is 603. The fourth-order valence-corrected chi connectivity index (χ4v) is 4.01. The number of aliphatic hydroxyl groups is 1. The Balaban J connectivity index is 2.47. The first-order valence-corrected chi connectivity index (χ1v) is 8.71. The summed E-state index contributed by atoms with van der Waals surface area (Å²) in [4.78, 5) is 10.5. The van der Waals surface area contributed by atoms with Crippen LogP contribution in [0.25, 0.3) is 0 Å². The van der Waals surface area contributed by atoms with E-state index in [4.69, 9.17) is 0 Å². The van der Waals surface area contributed by atoms with Gasteiger partial charge in [-0.05, 0) is 18.1 Å². The van der Waals surface area contributed by atoms with Gasteiger partial charge in [0, 0.05) is 45.8 Å². The molecule has 3 atom stereocenters. The number of benzene rings is 1. The Morgan fingerprint density at radius 3 is 2.73 bits per heavy atom. The van der Waals surface area contributed by atoms with E-state index >= 15 is 0 Å². The molecule has 2 rings (SSSR count). The molecule has 1 heterocycles. The summed E-state index contributed by atoms with van der Waals surface area (Å²) < 4.78 is 12.4. The molecule has 1 aliphatic heterocycles. The lowest BCUT2D eigenvalue weighted by Gasteiger charge is -2.40. The van der Waals surface area contributed by atoms with Crippen molar-refractivity contribution in [2.45, 2.75) is 38.5 Å². The van der Waals surface area contributed by atoms with E-state index in [9.17, 15) is 19.4 Å². The monoisotopic (exact) mass is 326 g/mol. The van der Waals surface area contributed by atoms with Crippen LogP contribution in [0.1, 0.15) is 38.0 Å². The van der Waals surface area contributed by atoms with E-state index in [0.29, 0.717) is 12.2 Å². The van der Waals surface area contributed by atoms with Gasteiger partial charge in [0.1, 0.15) is 0 Å². The van der Waals surface area contributed by atoms with Crippen LogP contribution in [0.3, 0.4) is 0 Å². The first-order valence-electron chi connectivity index (χ1n) is 7.33. The summed E-state index contributed by atoms with van der Waals surface area (Å²) in [6, 6.07) is 4.61. The van der Waals surface area contributed by atoms with Gasteiger partial charge in [-0.25, -0.2) is 0 Å².